The quantitative estimate of drug-likeness (QED) is 0.452. The monoisotopic (exact) mass is 201 g/mol. The second kappa shape index (κ2) is 3.26. The molecule has 0 amide bonds. The summed E-state index contributed by atoms with van der Waals surface area (Å²) in [6.45, 7) is 3.37. The molecule has 0 fully saturated rings. The van der Waals surface area contributed by atoms with Gasteiger partial charge in [0, 0.05) is 5.69 Å². The fourth-order valence-corrected chi connectivity index (χ4v) is 1.61. The van der Waals surface area contributed by atoms with Crippen molar-refractivity contribution in [2.45, 2.75) is 5.66 Å². The molecule has 1 aromatic rings. The maximum Gasteiger partial charge on any atom is 0.328 e. The van der Waals surface area contributed by atoms with Gasteiger partial charge in [0.1, 0.15) is 0 Å². The first-order valence-corrected chi connectivity index (χ1v) is 4.42. The number of hydrogen-bond donors (Lipinski definition) is 1. The number of para-hydroxylation sites is 1. The Labute approximate surface area is 87.1 Å². The average Bonchev–Trinajstić information content (AvgIpc) is 2.57. The molecule has 1 N–H and O–H groups in total. The molecule has 1 aliphatic heterocycles. The lowest BCUT2D eigenvalue weighted by Crippen LogP contribution is -2.41. The van der Waals surface area contributed by atoms with Crippen molar-refractivity contribution in [3.63, 3.8) is 0 Å². The second-order valence-electron chi connectivity index (χ2n) is 3.29. The predicted octanol–water partition coefficient (Wildman–Crippen LogP) is 1.98. The Morgan fingerprint density at radius 2 is 2.27 bits per heavy atom. The van der Waals surface area contributed by atoms with E-state index < -0.39 is 10.6 Å². The lowest BCUT2D eigenvalue weighted by molar-refractivity contribution is -0.535. The largest absolute Gasteiger partial charge is 0.328 e. The molecule has 1 aliphatic rings. The van der Waals surface area contributed by atoms with Crippen LogP contribution in [0.2, 0.25) is 0 Å². The third-order valence-corrected chi connectivity index (χ3v) is 2.30. The second-order valence-corrected chi connectivity index (χ2v) is 3.29. The standard InChI is InChI=1S/C11H9N2O2/c1-2-7-11(13(14)15)8-9-5-3-4-6-10(9)12-11/h3-8,12H,1H2. The van der Waals surface area contributed by atoms with Gasteiger partial charge in [-0.2, -0.15) is 0 Å². The van der Waals surface area contributed by atoms with Crippen LogP contribution in [0, 0.1) is 16.5 Å². The molecule has 0 saturated carbocycles. The highest BCUT2D eigenvalue weighted by Gasteiger charge is 2.46. The van der Waals surface area contributed by atoms with Crippen LogP contribution in [0.15, 0.2) is 42.7 Å². The zero-order chi connectivity index (χ0) is 10.9. The van der Waals surface area contributed by atoms with E-state index in [0.717, 1.165) is 11.3 Å². The van der Waals surface area contributed by atoms with Gasteiger partial charge in [-0.3, -0.25) is 10.1 Å². The van der Waals surface area contributed by atoms with E-state index in [1.807, 2.05) is 18.2 Å². The van der Waals surface area contributed by atoms with E-state index in [1.165, 1.54) is 6.08 Å². The Hall–Kier alpha value is -2.06. The van der Waals surface area contributed by atoms with E-state index >= 15 is 0 Å². The van der Waals surface area contributed by atoms with Crippen LogP contribution in [0.1, 0.15) is 5.56 Å². The summed E-state index contributed by atoms with van der Waals surface area (Å²) >= 11 is 0. The molecule has 75 valence electrons. The van der Waals surface area contributed by atoms with Crippen molar-refractivity contribution in [1.29, 1.82) is 0 Å². The fourth-order valence-electron chi connectivity index (χ4n) is 1.61. The van der Waals surface area contributed by atoms with Crippen LogP contribution in [0.25, 0.3) is 0 Å². The normalized spacial score (nSPS) is 22.4. The third-order valence-electron chi connectivity index (χ3n) is 2.30. The van der Waals surface area contributed by atoms with Crippen molar-refractivity contribution in [1.82, 2.24) is 0 Å². The van der Waals surface area contributed by atoms with Crippen molar-refractivity contribution in [2.24, 2.45) is 0 Å². The minimum Gasteiger partial charge on any atom is -0.316 e. The van der Waals surface area contributed by atoms with Gasteiger partial charge in [0.25, 0.3) is 0 Å². The van der Waals surface area contributed by atoms with Crippen molar-refractivity contribution in [3.05, 3.63) is 64.8 Å². The SMILES string of the molecule is C=C=CC1([N+](=O)[O-])[CH]c2ccccc2N1. The van der Waals surface area contributed by atoms with E-state index in [9.17, 15) is 10.1 Å². The molecule has 15 heavy (non-hydrogen) atoms. The molecule has 1 atom stereocenters. The molecule has 1 heterocycles. The summed E-state index contributed by atoms with van der Waals surface area (Å²) in [6, 6.07) is 7.29. The molecule has 2 rings (SSSR count). The lowest BCUT2D eigenvalue weighted by Gasteiger charge is -2.14. The Kier molecular flexibility index (Phi) is 2.06. The Morgan fingerprint density at radius 1 is 1.53 bits per heavy atom. The van der Waals surface area contributed by atoms with Crippen molar-refractivity contribution >= 4 is 5.69 Å². The summed E-state index contributed by atoms with van der Waals surface area (Å²) in [6.07, 6.45) is 2.87. The molecule has 0 bridgehead atoms. The number of benzene rings is 1. The molecular weight excluding hydrogens is 192 g/mol. The Bertz CT molecular complexity index is 432. The highest BCUT2D eigenvalue weighted by molar-refractivity contribution is 5.64. The molecule has 0 aliphatic carbocycles. The van der Waals surface area contributed by atoms with E-state index in [4.69, 9.17) is 0 Å². The zero-order valence-corrected chi connectivity index (χ0v) is 7.93. The minimum absolute atomic E-state index is 0.398. The number of nitrogens with zero attached hydrogens (tertiary/aromatic N) is 1. The van der Waals surface area contributed by atoms with Gasteiger partial charge in [-0.1, -0.05) is 24.8 Å². The number of rotatable bonds is 2. The predicted molar refractivity (Wildman–Crippen MR) is 56.9 cm³/mol. The molecule has 1 radical (unpaired) electrons. The Morgan fingerprint density at radius 3 is 2.87 bits per heavy atom. The first-order chi connectivity index (χ1) is 7.18. The highest BCUT2D eigenvalue weighted by atomic mass is 16.6. The maximum atomic E-state index is 11.0. The highest BCUT2D eigenvalue weighted by Crippen LogP contribution is 2.34. The zero-order valence-electron chi connectivity index (χ0n) is 7.93. The Balaban J connectivity index is 2.45. The number of nitrogens with one attached hydrogen (secondary N) is 1. The van der Waals surface area contributed by atoms with E-state index in [-0.39, 0.29) is 0 Å². The molecule has 1 unspecified atom stereocenters. The summed E-state index contributed by atoms with van der Waals surface area (Å²) in [5, 5.41) is 13.8. The van der Waals surface area contributed by atoms with Gasteiger partial charge in [0.05, 0.1) is 17.4 Å². The van der Waals surface area contributed by atoms with Gasteiger partial charge in [-0.15, -0.1) is 5.73 Å². The summed E-state index contributed by atoms with van der Waals surface area (Å²) in [7, 11) is 0. The van der Waals surface area contributed by atoms with Gasteiger partial charge < -0.3 is 5.32 Å². The molecular formula is C11H9N2O2. The topological polar surface area (TPSA) is 55.2 Å². The van der Waals surface area contributed by atoms with Crippen molar-refractivity contribution < 1.29 is 4.92 Å². The van der Waals surface area contributed by atoms with E-state index in [0.29, 0.717) is 0 Å². The van der Waals surface area contributed by atoms with E-state index in [2.05, 4.69) is 17.6 Å². The fraction of sp³-hybridized carbons (Fsp3) is 0.0909. The molecule has 4 heteroatoms. The van der Waals surface area contributed by atoms with E-state index in [1.54, 1.807) is 12.5 Å². The van der Waals surface area contributed by atoms with Crippen molar-refractivity contribution in [2.75, 3.05) is 5.32 Å². The summed E-state index contributed by atoms with van der Waals surface area (Å²) in [5.74, 6) is 0. The number of fused-ring (bicyclic) bond motifs is 1. The van der Waals surface area contributed by atoms with Gasteiger partial charge >= 0.3 is 5.66 Å². The summed E-state index contributed by atoms with van der Waals surface area (Å²) in [5.41, 5.74) is 2.63. The number of anilines is 1. The molecule has 1 aromatic carbocycles. The van der Waals surface area contributed by atoms with Crippen LogP contribution < -0.4 is 5.32 Å². The number of hydrogen-bond acceptors (Lipinski definition) is 3. The molecule has 0 aromatic heterocycles. The van der Waals surface area contributed by atoms with Crippen LogP contribution in [0.3, 0.4) is 0 Å². The maximum absolute atomic E-state index is 11.0. The summed E-state index contributed by atoms with van der Waals surface area (Å²) < 4.78 is 0. The van der Waals surface area contributed by atoms with Gasteiger partial charge in [-0.05, 0) is 11.6 Å². The summed E-state index contributed by atoms with van der Waals surface area (Å²) in [4.78, 5) is 10.6. The minimum atomic E-state index is -1.40. The molecule has 4 nitrogen and oxygen atoms in total. The first-order valence-electron chi connectivity index (χ1n) is 4.42. The van der Waals surface area contributed by atoms with Crippen LogP contribution >= 0.6 is 0 Å². The van der Waals surface area contributed by atoms with Crippen LogP contribution in [-0.2, 0) is 0 Å². The van der Waals surface area contributed by atoms with Crippen LogP contribution in [0.5, 0.6) is 0 Å². The van der Waals surface area contributed by atoms with Crippen LogP contribution in [0.4, 0.5) is 5.69 Å². The van der Waals surface area contributed by atoms with Crippen LogP contribution in [-0.4, -0.2) is 10.6 Å². The average molecular weight is 201 g/mol. The molecule has 0 spiro atoms. The first kappa shape index (κ1) is 9.49. The number of nitro groups is 1. The van der Waals surface area contributed by atoms with Gasteiger partial charge in [-0.25, -0.2) is 0 Å². The van der Waals surface area contributed by atoms with Gasteiger partial charge in [0.2, 0.25) is 0 Å². The van der Waals surface area contributed by atoms with Gasteiger partial charge in [0.15, 0.2) is 0 Å². The smallest absolute Gasteiger partial charge is 0.316 e. The third kappa shape index (κ3) is 1.41. The lowest BCUT2D eigenvalue weighted by atomic mass is 10.1. The molecule has 0 saturated heterocycles. The van der Waals surface area contributed by atoms with Crippen molar-refractivity contribution in [3.8, 4) is 0 Å².